The maximum Gasteiger partial charge on any atom is 0.133 e. The minimum Gasteiger partial charge on any atom is -0.456 e. The van der Waals surface area contributed by atoms with Crippen LogP contribution in [0.1, 0.15) is 69.4 Å². The molecule has 0 amide bonds. The number of hydrogen-bond acceptors (Lipinski definition) is 1. The van der Waals surface area contributed by atoms with Gasteiger partial charge in [-0.25, -0.2) is 0 Å². The van der Waals surface area contributed by atoms with E-state index in [1.807, 2.05) is 0 Å². The Morgan fingerprint density at radius 2 is 1.18 bits per heavy atom. The molecule has 1 nitrogen and oxygen atoms in total. The van der Waals surface area contributed by atoms with Gasteiger partial charge >= 0.3 is 0 Å². The third-order valence-corrected chi connectivity index (χ3v) is 5.75. The standard InChI is InChI=1S/C27H34O/c1-17-21-13-11-10-12-20(21)14-15-24(17)28-25-18(2)22(26(4,5)6)16-23(19(25)3)27(7,8)9/h10-16H,1-9H3. The first-order valence-electron chi connectivity index (χ1n) is 10.2. The largest absolute Gasteiger partial charge is 0.456 e. The Kier molecular flexibility index (Phi) is 5.08. The van der Waals surface area contributed by atoms with Crippen molar-refractivity contribution in [1.82, 2.24) is 0 Å². The zero-order chi connectivity index (χ0) is 20.9. The highest BCUT2D eigenvalue weighted by Gasteiger charge is 2.27. The van der Waals surface area contributed by atoms with E-state index in [4.69, 9.17) is 4.74 Å². The Bertz CT molecular complexity index is 989. The first kappa shape index (κ1) is 20.5. The first-order chi connectivity index (χ1) is 12.9. The summed E-state index contributed by atoms with van der Waals surface area (Å²) in [7, 11) is 0. The lowest BCUT2D eigenvalue weighted by atomic mass is 9.76. The van der Waals surface area contributed by atoms with Crippen LogP contribution in [0.15, 0.2) is 42.5 Å². The van der Waals surface area contributed by atoms with Crippen molar-refractivity contribution in [2.24, 2.45) is 0 Å². The Morgan fingerprint density at radius 1 is 0.643 bits per heavy atom. The molecule has 0 aliphatic carbocycles. The van der Waals surface area contributed by atoms with Crippen molar-refractivity contribution in [3.05, 3.63) is 70.3 Å². The maximum atomic E-state index is 6.65. The zero-order valence-electron chi connectivity index (χ0n) is 18.9. The van der Waals surface area contributed by atoms with E-state index in [9.17, 15) is 0 Å². The van der Waals surface area contributed by atoms with E-state index in [1.165, 1.54) is 38.6 Å². The van der Waals surface area contributed by atoms with Gasteiger partial charge in [-0.05, 0) is 76.3 Å². The maximum absolute atomic E-state index is 6.65. The SMILES string of the molecule is Cc1c(C(C)(C)C)cc(C(C)(C)C)c(C)c1Oc1ccc2ccccc2c1C. The summed E-state index contributed by atoms with van der Waals surface area (Å²) < 4.78 is 6.65. The van der Waals surface area contributed by atoms with Gasteiger partial charge in [0.25, 0.3) is 0 Å². The van der Waals surface area contributed by atoms with Crippen molar-refractivity contribution in [2.45, 2.75) is 73.1 Å². The van der Waals surface area contributed by atoms with Gasteiger partial charge in [-0.2, -0.15) is 0 Å². The van der Waals surface area contributed by atoms with Crippen LogP contribution in [0, 0.1) is 20.8 Å². The summed E-state index contributed by atoms with van der Waals surface area (Å²) in [5.74, 6) is 1.95. The molecule has 0 aliphatic rings. The predicted molar refractivity (Wildman–Crippen MR) is 122 cm³/mol. The fraction of sp³-hybridized carbons (Fsp3) is 0.407. The number of benzene rings is 3. The lowest BCUT2D eigenvalue weighted by Crippen LogP contribution is -2.20. The van der Waals surface area contributed by atoms with Crippen LogP contribution in [0.4, 0.5) is 0 Å². The molecule has 3 rings (SSSR count). The average molecular weight is 375 g/mol. The fourth-order valence-corrected chi connectivity index (χ4v) is 4.23. The van der Waals surface area contributed by atoms with Gasteiger partial charge in [0.2, 0.25) is 0 Å². The van der Waals surface area contributed by atoms with E-state index in [-0.39, 0.29) is 10.8 Å². The molecule has 0 heterocycles. The highest BCUT2D eigenvalue weighted by molar-refractivity contribution is 5.87. The van der Waals surface area contributed by atoms with Crippen LogP contribution in [-0.4, -0.2) is 0 Å². The average Bonchev–Trinajstić information content (AvgIpc) is 2.58. The molecule has 0 radical (unpaired) electrons. The van der Waals surface area contributed by atoms with Gasteiger partial charge in [0.15, 0.2) is 0 Å². The molecule has 0 N–H and O–H groups in total. The van der Waals surface area contributed by atoms with Gasteiger partial charge in [0.05, 0.1) is 0 Å². The van der Waals surface area contributed by atoms with Gasteiger partial charge in [0, 0.05) is 0 Å². The summed E-state index contributed by atoms with van der Waals surface area (Å²) in [5.41, 5.74) is 6.52. The van der Waals surface area contributed by atoms with Crippen LogP contribution in [0.5, 0.6) is 11.5 Å². The van der Waals surface area contributed by atoms with E-state index < -0.39 is 0 Å². The van der Waals surface area contributed by atoms with Crippen LogP contribution in [0.2, 0.25) is 0 Å². The van der Waals surface area contributed by atoms with E-state index in [0.29, 0.717) is 0 Å². The number of ether oxygens (including phenoxy) is 1. The third kappa shape index (κ3) is 3.68. The molecular formula is C27H34O. The van der Waals surface area contributed by atoms with E-state index >= 15 is 0 Å². The highest BCUT2D eigenvalue weighted by atomic mass is 16.5. The van der Waals surface area contributed by atoms with Crippen LogP contribution >= 0.6 is 0 Å². The molecule has 0 saturated heterocycles. The van der Waals surface area contributed by atoms with Crippen LogP contribution in [-0.2, 0) is 10.8 Å². The third-order valence-electron chi connectivity index (χ3n) is 5.75. The van der Waals surface area contributed by atoms with Gasteiger partial charge in [0.1, 0.15) is 11.5 Å². The predicted octanol–water partition coefficient (Wildman–Crippen LogP) is 8.15. The Balaban J connectivity index is 2.23. The monoisotopic (exact) mass is 374 g/mol. The molecular weight excluding hydrogens is 340 g/mol. The van der Waals surface area contributed by atoms with E-state index in [0.717, 1.165) is 11.5 Å². The first-order valence-corrected chi connectivity index (χ1v) is 10.2. The number of fused-ring (bicyclic) bond motifs is 1. The molecule has 3 aromatic carbocycles. The quantitative estimate of drug-likeness (QED) is 0.439. The van der Waals surface area contributed by atoms with Crippen LogP contribution in [0.3, 0.4) is 0 Å². The Hall–Kier alpha value is -2.28. The molecule has 0 unspecified atom stereocenters. The van der Waals surface area contributed by atoms with Gasteiger partial charge < -0.3 is 4.74 Å². The summed E-state index contributed by atoms with van der Waals surface area (Å²) in [6.07, 6.45) is 0. The van der Waals surface area contributed by atoms with Gasteiger partial charge in [-0.1, -0.05) is 77.9 Å². The summed E-state index contributed by atoms with van der Waals surface area (Å²) in [6.45, 7) is 20.2. The van der Waals surface area contributed by atoms with Crippen molar-refractivity contribution < 1.29 is 4.74 Å². The number of aryl methyl sites for hydroxylation is 1. The zero-order valence-corrected chi connectivity index (χ0v) is 18.9. The molecule has 0 saturated carbocycles. The molecule has 0 bridgehead atoms. The second kappa shape index (κ2) is 6.95. The summed E-state index contributed by atoms with van der Waals surface area (Å²) >= 11 is 0. The minimum atomic E-state index is 0.0638. The number of rotatable bonds is 2. The molecule has 0 spiro atoms. The van der Waals surface area contributed by atoms with Gasteiger partial charge in [-0.3, -0.25) is 0 Å². The minimum absolute atomic E-state index is 0.0638. The molecule has 0 aromatic heterocycles. The van der Waals surface area contributed by atoms with Crippen molar-refractivity contribution >= 4 is 10.8 Å². The molecule has 28 heavy (non-hydrogen) atoms. The van der Waals surface area contributed by atoms with E-state index in [2.05, 4.69) is 105 Å². The van der Waals surface area contributed by atoms with Crippen LogP contribution in [0.25, 0.3) is 10.8 Å². The summed E-state index contributed by atoms with van der Waals surface area (Å²) in [6, 6.07) is 15.2. The van der Waals surface area contributed by atoms with Crippen molar-refractivity contribution in [2.75, 3.05) is 0 Å². The molecule has 148 valence electrons. The van der Waals surface area contributed by atoms with Gasteiger partial charge in [-0.15, -0.1) is 0 Å². The lowest BCUT2D eigenvalue weighted by molar-refractivity contribution is 0.461. The smallest absolute Gasteiger partial charge is 0.133 e. The second-order valence-electron chi connectivity index (χ2n) is 10.1. The highest BCUT2D eigenvalue weighted by Crippen LogP contribution is 2.42. The molecule has 0 aliphatic heterocycles. The Morgan fingerprint density at radius 3 is 1.71 bits per heavy atom. The number of hydrogen-bond donors (Lipinski definition) is 0. The fourth-order valence-electron chi connectivity index (χ4n) is 4.23. The normalized spacial score (nSPS) is 12.5. The molecule has 0 atom stereocenters. The second-order valence-corrected chi connectivity index (χ2v) is 10.1. The topological polar surface area (TPSA) is 9.23 Å². The van der Waals surface area contributed by atoms with E-state index in [1.54, 1.807) is 0 Å². The Labute approximate surface area is 170 Å². The molecule has 3 aromatic rings. The molecule has 0 fully saturated rings. The molecule has 1 heteroatoms. The van der Waals surface area contributed by atoms with Crippen molar-refractivity contribution in [1.29, 1.82) is 0 Å². The lowest BCUT2D eigenvalue weighted by Gasteiger charge is -2.31. The van der Waals surface area contributed by atoms with Crippen molar-refractivity contribution in [3.8, 4) is 11.5 Å². The summed E-state index contributed by atoms with van der Waals surface area (Å²) in [4.78, 5) is 0. The summed E-state index contributed by atoms with van der Waals surface area (Å²) in [5, 5.41) is 2.50. The van der Waals surface area contributed by atoms with Crippen LogP contribution < -0.4 is 4.74 Å². The van der Waals surface area contributed by atoms with Crippen molar-refractivity contribution in [3.63, 3.8) is 0 Å².